The second-order valence-electron chi connectivity index (χ2n) is 7.74. The van der Waals surface area contributed by atoms with Crippen LogP contribution in [-0.4, -0.2) is 53.1 Å². The summed E-state index contributed by atoms with van der Waals surface area (Å²) in [5, 5.41) is 10.6. The smallest absolute Gasteiger partial charge is 0.222 e. The number of benzene rings is 1. The lowest BCUT2D eigenvalue weighted by Crippen LogP contribution is -2.67. The lowest BCUT2D eigenvalue weighted by Gasteiger charge is -2.62. The van der Waals surface area contributed by atoms with Gasteiger partial charge in [0.15, 0.2) is 0 Å². The third-order valence-electron chi connectivity index (χ3n) is 6.35. The van der Waals surface area contributed by atoms with Gasteiger partial charge in [0.25, 0.3) is 0 Å². The molecule has 4 nitrogen and oxygen atoms in total. The normalized spacial score (nSPS) is 31.6. The Labute approximate surface area is 144 Å². The van der Waals surface area contributed by atoms with Crippen LogP contribution in [0, 0.1) is 5.92 Å². The topological polar surface area (TPSA) is 43.8 Å². The van der Waals surface area contributed by atoms with Gasteiger partial charge in [-0.25, -0.2) is 0 Å². The van der Waals surface area contributed by atoms with Gasteiger partial charge >= 0.3 is 0 Å². The summed E-state index contributed by atoms with van der Waals surface area (Å²) in [6, 6.07) is 10.8. The van der Waals surface area contributed by atoms with Crippen LogP contribution in [0.15, 0.2) is 30.3 Å². The maximum atomic E-state index is 11.8. The number of fused-ring (bicyclic) bond motifs is 1. The molecule has 3 atom stereocenters. The van der Waals surface area contributed by atoms with E-state index in [2.05, 4.69) is 35.2 Å². The summed E-state index contributed by atoms with van der Waals surface area (Å²) in [4.78, 5) is 16.1. The van der Waals surface area contributed by atoms with E-state index in [1.54, 1.807) is 0 Å². The van der Waals surface area contributed by atoms with Crippen molar-refractivity contribution in [1.82, 2.24) is 9.80 Å². The molecular weight excluding hydrogens is 300 g/mol. The molecule has 1 aliphatic carbocycles. The molecule has 0 aromatic heterocycles. The van der Waals surface area contributed by atoms with Gasteiger partial charge in [0.05, 0.1) is 11.6 Å². The average Bonchev–Trinajstić information content (AvgIpc) is 2.98. The molecule has 3 fully saturated rings. The van der Waals surface area contributed by atoms with Crippen LogP contribution >= 0.6 is 0 Å². The lowest BCUT2D eigenvalue weighted by atomic mass is 9.61. The molecule has 0 spiro atoms. The molecule has 2 saturated heterocycles. The Hall–Kier alpha value is -1.39. The second-order valence-corrected chi connectivity index (χ2v) is 7.74. The number of carbonyl (C=O) groups excluding carboxylic acids is 1. The van der Waals surface area contributed by atoms with Crippen LogP contribution in [-0.2, 0) is 10.3 Å². The zero-order chi connectivity index (χ0) is 16.6. The molecule has 1 saturated carbocycles. The highest BCUT2D eigenvalue weighted by Gasteiger charge is 2.55. The van der Waals surface area contributed by atoms with Crippen LogP contribution < -0.4 is 0 Å². The van der Waals surface area contributed by atoms with Crippen molar-refractivity contribution in [3.8, 4) is 0 Å². The maximum absolute atomic E-state index is 11.8. The first-order chi connectivity index (χ1) is 11.7. The van der Waals surface area contributed by atoms with Gasteiger partial charge in [-0.1, -0.05) is 43.2 Å². The molecule has 3 aliphatic rings. The molecule has 4 heteroatoms. The second kappa shape index (κ2) is 6.49. The molecule has 1 amide bonds. The molecule has 2 heterocycles. The summed E-state index contributed by atoms with van der Waals surface area (Å²) >= 11 is 0. The fourth-order valence-electron chi connectivity index (χ4n) is 5.19. The average molecular weight is 328 g/mol. The van der Waals surface area contributed by atoms with Gasteiger partial charge in [-0.15, -0.1) is 0 Å². The highest BCUT2D eigenvalue weighted by Crippen LogP contribution is 2.53. The number of likely N-dealkylation sites (tertiary alicyclic amines) is 2. The number of hydrogen-bond acceptors (Lipinski definition) is 3. The van der Waals surface area contributed by atoms with Gasteiger partial charge in [-0.3, -0.25) is 9.69 Å². The zero-order valence-corrected chi connectivity index (χ0v) is 14.4. The lowest BCUT2D eigenvalue weighted by molar-refractivity contribution is -0.137. The minimum absolute atomic E-state index is 0.121. The van der Waals surface area contributed by atoms with E-state index in [1.165, 1.54) is 31.2 Å². The molecule has 4 rings (SSSR count). The summed E-state index contributed by atoms with van der Waals surface area (Å²) in [7, 11) is 0. The molecule has 1 aromatic rings. The van der Waals surface area contributed by atoms with Crippen LogP contribution in [0.2, 0.25) is 0 Å². The molecule has 0 unspecified atom stereocenters. The largest absolute Gasteiger partial charge is 0.390 e. The third kappa shape index (κ3) is 2.66. The highest BCUT2D eigenvalue weighted by atomic mass is 16.3. The van der Waals surface area contributed by atoms with Crippen molar-refractivity contribution >= 4 is 5.91 Å². The van der Waals surface area contributed by atoms with Gasteiger partial charge in [-0.2, -0.15) is 0 Å². The zero-order valence-electron chi connectivity index (χ0n) is 14.4. The minimum Gasteiger partial charge on any atom is -0.390 e. The van der Waals surface area contributed by atoms with Crippen LogP contribution in [0.1, 0.15) is 44.1 Å². The molecule has 130 valence electrons. The first-order valence-electron chi connectivity index (χ1n) is 9.46. The van der Waals surface area contributed by atoms with Crippen molar-refractivity contribution in [3.63, 3.8) is 0 Å². The standard InChI is InChI=1S/C20H28N2O2/c23-18(14-21-12-6-10-19(21)24)15-22-13-17-9-4-5-11-20(17,22)16-7-2-1-3-8-16/h1-3,7-8,17-18,23H,4-6,9-15H2/t17-,18-,20+/m0/s1. The molecule has 0 radical (unpaired) electrons. The van der Waals surface area contributed by atoms with Crippen LogP contribution in [0.3, 0.4) is 0 Å². The Morgan fingerprint density at radius 3 is 2.71 bits per heavy atom. The van der Waals surface area contributed by atoms with Crippen molar-refractivity contribution in [2.24, 2.45) is 5.92 Å². The van der Waals surface area contributed by atoms with Gasteiger partial charge < -0.3 is 10.0 Å². The number of amides is 1. The van der Waals surface area contributed by atoms with Crippen molar-refractivity contribution in [2.75, 3.05) is 26.2 Å². The molecule has 1 aromatic carbocycles. The first-order valence-corrected chi connectivity index (χ1v) is 9.46. The Kier molecular flexibility index (Phi) is 4.35. The number of rotatable bonds is 5. The quantitative estimate of drug-likeness (QED) is 0.902. The van der Waals surface area contributed by atoms with E-state index in [9.17, 15) is 9.90 Å². The number of aliphatic hydroxyl groups is 1. The Balaban J connectivity index is 1.47. The summed E-state index contributed by atoms with van der Waals surface area (Å²) < 4.78 is 0. The highest BCUT2D eigenvalue weighted by molar-refractivity contribution is 5.78. The predicted molar refractivity (Wildman–Crippen MR) is 93.5 cm³/mol. The van der Waals surface area contributed by atoms with E-state index in [4.69, 9.17) is 0 Å². The van der Waals surface area contributed by atoms with Crippen molar-refractivity contribution in [3.05, 3.63) is 35.9 Å². The van der Waals surface area contributed by atoms with E-state index in [-0.39, 0.29) is 11.4 Å². The maximum Gasteiger partial charge on any atom is 0.222 e. The van der Waals surface area contributed by atoms with E-state index in [1.807, 2.05) is 4.90 Å². The van der Waals surface area contributed by atoms with Gasteiger partial charge in [0, 0.05) is 32.6 Å². The Morgan fingerprint density at radius 2 is 2.00 bits per heavy atom. The molecule has 0 bridgehead atoms. The van der Waals surface area contributed by atoms with E-state index in [0.29, 0.717) is 25.4 Å². The molecule has 1 N–H and O–H groups in total. The summed E-state index contributed by atoms with van der Waals surface area (Å²) in [5.41, 5.74) is 1.53. The van der Waals surface area contributed by atoms with Crippen molar-refractivity contribution in [1.29, 1.82) is 0 Å². The molecule has 24 heavy (non-hydrogen) atoms. The van der Waals surface area contributed by atoms with E-state index >= 15 is 0 Å². The first kappa shape index (κ1) is 16.1. The number of carbonyl (C=O) groups is 1. The van der Waals surface area contributed by atoms with Gasteiger partial charge in [-0.05, 0) is 30.7 Å². The molecule has 2 aliphatic heterocycles. The third-order valence-corrected chi connectivity index (χ3v) is 6.35. The van der Waals surface area contributed by atoms with Crippen LogP contribution in [0.5, 0.6) is 0 Å². The summed E-state index contributed by atoms with van der Waals surface area (Å²) in [6.07, 6.45) is 6.22. The summed E-state index contributed by atoms with van der Waals surface area (Å²) in [6.45, 7) is 3.06. The minimum atomic E-state index is -0.449. The SMILES string of the molecule is O=C1CCCN1C[C@H](O)CN1C[C@@H]2CCCC[C@@]21c1ccccc1. The number of β-amino-alcohol motifs (C(OH)–C–C–N with tert-alkyl or cyclic N) is 1. The number of hydrogen-bond donors (Lipinski definition) is 1. The fraction of sp³-hybridized carbons (Fsp3) is 0.650. The Morgan fingerprint density at radius 1 is 1.17 bits per heavy atom. The van der Waals surface area contributed by atoms with Crippen molar-refractivity contribution in [2.45, 2.75) is 50.2 Å². The number of aliphatic hydroxyl groups excluding tert-OH is 1. The summed E-state index contributed by atoms with van der Waals surface area (Å²) in [5.74, 6) is 0.917. The van der Waals surface area contributed by atoms with Gasteiger partial charge in [0.2, 0.25) is 5.91 Å². The number of nitrogens with zero attached hydrogens (tertiary/aromatic N) is 2. The van der Waals surface area contributed by atoms with Crippen LogP contribution in [0.25, 0.3) is 0 Å². The Bertz CT molecular complexity index is 591. The predicted octanol–water partition coefficient (Wildman–Crippen LogP) is 2.37. The fourth-order valence-corrected chi connectivity index (χ4v) is 5.19. The van der Waals surface area contributed by atoms with Crippen molar-refractivity contribution < 1.29 is 9.90 Å². The van der Waals surface area contributed by atoms with E-state index < -0.39 is 6.10 Å². The van der Waals surface area contributed by atoms with E-state index in [0.717, 1.165) is 19.5 Å². The van der Waals surface area contributed by atoms with Gasteiger partial charge in [0.1, 0.15) is 0 Å². The van der Waals surface area contributed by atoms with Crippen LogP contribution in [0.4, 0.5) is 0 Å². The monoisotopic (exact) mass is 328 g/mol. The molecular formula is C20H28N2O2.